The molecule has 1 atom stereocenters. The van der Waals surface area contributed by atoms with Gasteiger partial charge in [-0.25, -0.2) is 4.39 Å². The molecule has 3 N–H and O–H groups in total. The van der Waals surface area contributed by atoms with E-state index in [1.165, 1.54) is 6.42 Å². The lowest BCUT2D eigenvalue weighted by atomic mass is 10.0. The molecule has 0 aromatic carbocycles. The standard InChI is InChI=1S/C10H16FN3O/c11-9-8(13-14-10(9)12)5-4-7-3-1-2-6-15-7/h7H,1-6H2,(H3,12,13,14). The zero-order valence-corrected chi connectivity index (χ0v) is 8.63. The second-order valence-corrected chi connectivity index (χ2v) is 3.93. The van der Waals surface area contributed by atoms with Crippen molar-refractivity contribution in [2.45, 2.75) is 38.2 Å². The average molecular weight is 213 g/mol. The van der Waals surface area contributed by atoms with Gasteiger partial charge in [-0.2, -0.15) is 5.10 Å². The van der Waals surface area contributed by atoms with Crippen molar-refractivity contribution >= 4 is 5.82 Å². The van der Waals surface area contributed by atoms with Crippen molar-refractivity contribution in [2.24, 2.45) is 0 Å². The van der Waals surface area contributed by atoms with Crippen LogP contribution in [0.25, 0.3) is 0 Å². The smallest absolute Gasteiger partial charge is 0.187 e. The second-order valence-electron chi connectivity index (χ2n) is 3.93. The van der Waals surface area contributed by atoms with Gasteiger partial charge in [0.15, 0.2) is 11.6 Å². The molecule has 84 valence electrons. The molecular weight excluding hydrogens is 197 g/mol. The van der Waals surface area contributed by atoms with Crippen molar-refractivity contribution in [1.29, 1.82) is 0 Å². The Bertz CT molecular complexity index is 320. The molecule has 2 heterocycles. The molecule has 1 aromatic rings. The number of aromatic amines is 1. The van der Waals surface area contributed by atoms with Crippen molar-refractivity contribution in [3.05, 3.63) is 11.5 Å². The lowest BCUT2D eigenvalue weighted by molar-refractivity contribution is 0.0112. The van der Waals surface area contributed by atoms with Crippen LogP contribution in [0.4, 0.5) is 10.2 Å². The highest BCUT2D eigenvalue weighted by atomic mass is 19.1. The van der Waals surface area contributed by atoms with Crippen molar-refractivity contribution in [1.82, 2.24) is 10.2 Å². The van der Waals surface area contributed by atoms with Gasteiger partial charge in [0, 0.05) is 6.61 Å². The maximum absolute atomic E-state index is 13.3. The number of aryl methyl sites for hydroxylation is 1. The van der Waals surface area contributed by atoms with Crippen molar-refractivity contribution in [3.8, 4) is 0 Å². The predicted octanol–water partition coefficient (Wildman–Crippen LogP) is 1.63. The molecule has 15 heavy (non-hydrogen) atoms. The molecule has 1 unspecified atom stereocenters. The van der Waals surface area contributed by atoms with Gasteiger partial charge in [0.25, 0.3) is 0 Å². The molecule has 0 radical (unpaired) electrons. The number of nitrogens with zero attached hydrogens (tertiary/aromatic N) is 1. The summed E-state index contributed by atoms with van der Waals surface area (Å²) in [6, 6.07) is 0. The first-order valence-electron chi connectivity index (χ1n) is 5.37. The lowest BCUT2D eigenvalue weighted by Crippen LogP contribution is -2.19. The fourth-order valence-electron chi connectivity index (χ4n) is 1.89. The minimum atomic E-state index is -0.411. The molecule has 1 fully saturated rings. The van der Waals surface area contributed by atoms with Gasteiger partial charge in [-0.1, -0.05) is 0 Å². The van der Waals surface area contributed by atoms with Crippen LogP contribution in [0.3, 0.4) is 0 Å². The zero-order chi connectivity index (χ0) is 10.7. The lowest BCUT2D eigenvalue weighted by Gasteiger charge is -2.22. The maximum atomic E-state index is 13.3. The number of anilines is 1. The van der Waals surface area contributed by atoms with Crippen LogP contribution in [0.1, 0.15) is 31.4 Å². The number of hydrogen-bond donors (Lipinski definition) is 2. The van der Waals surface area contributed by atoms with Crippen LogP contribution in [0.2, 0.25) is 0 Å². The van der Waals surface area contributed by atoms with Crippen LogP contribution in [0, 0.1) is 5.82 Å². The van der Waals surface area contributed by atoms with E-state index in [1.54, 1.807) is 0 Å². The summed E-state index contributed by atoms with van der Waals surface area (Å²) in [6.07, 6.45) is 5.13. The number of H-pyrrole nitrogens is 1. The van der Waals surface area contributed by atoms with Gasteiger partial charge < -0.3 is 10.5 Å². The number of aromatic nitrogens is 2. The Labute approximate surface area is 88.0 Å². The highest BCUT2D eigenvalue weighted by molar-refractivity contribution is 5.31. The molecule has 1 saturated heterocycles. The van der Waals surface area contributed by atoms with Crippen LogP contribution >= 0.6 is 0 Å². The van der Waals surface area contributed by atoms with Crippen molar-refractivity contribution < 1.29 is 9.13 Å². The van der Waals surface area contributed by atoms with E-state index >= 15 is 0 Å². The Morgan fingerprint density at radius 3 is 3.00 bits per heavy atom. The monoisotopic (exact) mass is 213 g/mol. The van der Waals surface area contributed by atoms with E-state index in [0.717, 1.165) is 25.9 Å². The normalized spacial score (nSPS) is 21.8. The number of rotatable bonds is 3. The van der Waals surface area contributed by atoms with Gasteiger partial charge in [0.05, 0.1) is 11.8 Å². The average Bonchev–Trinajstić information content (AvgIpc) is 2.59. The molecule has 0 bridgehead atoms. The molecule has 1 aromatic heterocycles. The summed E-state index contributed by atoms with van der Waals surface area (Å²) < 4.78 is 18.8. The number of halogens is 1. The number of hydrogen-bond acceptors (Lipinski definition) is 3. The molecule has 1 aliphatic rings. The van der Waals surface area contributed by atoms with Crippen molar-refractivity contribution in [2.75, 3.05) is 12.3 Å². The van der Waals surface area contributed by atoms with E-state index in [4.69, 9.17) is 10.5 Å². The topological polar surface area (TPSA) is 63.9 Å². The fraction of sp³-hybridized carbons (Fsp3) is 0.700. The second kappa shape index (κ2) is 4.61. The first kappa shape index (κ1) is 10.4. The third-order valence-electron chi connectivity index (χ3n) is 2.79. The van der Waals surface area contributed by atoms with E-state index in [0.29, 0.717) is 12.1 Å². The summed E-state index contributed by atoms with van der Waals surface area (Å²) in [4.78, 5) is 0. The minimum absolute atomic E-state index is 0.0467. The quantitative estimate of drug-likeness (QED) is 0.802. The molecule has 0 spiro atoms. The highest BCUT2D eigenvalue weighted by Gasteiger charge is 2.16. The molecule has 4 nitrogen and oxygen atoms in total. The summed E-state index contributed by atoms with van der Waals surface area (Å²) in [5, 5.41) is 6.22. The van der Waals surface area contributed by atoms with Gasteiger partial charge >= 0.3 is 0 Å². The first-order chi connectivity index (χ1) is 7.27. The summed E-state index contributed by atoms with van der Waals surface area (Å²) >= 11 is 0. The zero-order valence-electron chi connectivity index (χ0n) is 8.63. The molecule has 0 amide bonds. The SMILES string of the molecule is Nc1n[nH]c(CCC2CCCCO2)c1F. The van der Waals surface area contributed by atoms with Crippen LogP contribution < -0.4 is 5.73 Å². The van der Waals surface area contributed by atoms with Gasteiger partial charge in [0.1, 0.15) is 0 Å². The Hall–Kier alpha value is -1.10. The van der Waals surface area contributed by atoms with Crippen LogP contribution in [-0.4, -0.2) is 22.9 Å². The van der Waals surface area contributed by atoms with Gasteiger partial charge in [0.2, 0.25) is 0 Å². The summed E-state index contributed by atoms with van der Waals surface area (Å²) in [7, 11) is 0. The molecule has 0 aliphatic carbocycles. The first-order valence-corrected chi connectivity index (χ1v) is 5.37. The molecule has 0 saturated carbocycles. The van der Waals surface area contributed by atoms with Crippen LogP contribution in [0.15, 0.2) is 0 Å². The Kier molecular flexibility index (Phi) is 3.20. The van der Waals surface area contributed by atoms with Gasteiger partial charge in [-0.15, -0.1) is 0 Å². The molecule has 2 rings (SSSR count). The van der Waals surface area contributed by atoms with E-state index in [9.17, 15) is 4.39 Å². The predicted molar refractivity (Wildman–Crippen MR) is 54.9 cm³/mol. The largest absolute Gasteiger partial charge is 0.380 e. The Morgan fingerprint density at radius 2 is 2.40 bits per heavy atom. The number of nitrogens with two attached hydrogens (primary N) is 1. The maximum Gasteiger partial charge on any atom is 0.187 e. The third-order valence-corrected chi connectivity index (χ3v) is 2.79. The van der Waals surface area contributed by atoms with Gasteiger partial charge in [-0.05, 0) is 32.1 Å². The molecule has 5 heteroatoms. The summed E-state index contributed by atoms with van der Waals surface area (Å²) in [6.45, 7) is 0.832. The Morgan fingerprint density at radius 1 is 1.53 bits per heavy atom. The number of ether oxygens (including phenoxy) is 1. The van der Waals surface area contributed by atoms with Crippen LogP contribution in [0.5, 0.6) is 0 Å². The number of nitrogens with one attached hydrogen (secondary N) is 1. The van der Waals surface area contributed by atoms with E-state index in [2.05, 4.69) is 10.2 Å². The fourth-order valence-corrected chi connectivity index (χ4v) is 1.89. The van der Waals surface area contributed by atoms with E-state index < -0.39 is 5.82 Å². The van der Waals surface area contributed by atoms with Crippen LogP contribution in [-0.2, 0) is 11.2 Å². The minimum Gasteiger partial charge on any atom is -0.380 e. The Balaban J connectivity index is 1.84. The molecule has 1 aliphatic heterocycles. The van der Waals surface area contributed by atoms with E-state index in [1.807, 2.05) is 0 Å². The molecular formula is C10H16FN3O. The highest BCUT2D eigenvalue weighted by Crippen LogP contribution is 2.19. The summed E-state index contributed by atoms with van der Waals surface area (Å²) in [5.41, 5.74) is 5.79. The third kappa shape index (κ3) is 2.47. The summed E-state index contributed by atoms with van der Waals surface area (Å²) in [5.74, 6) is -0.458. The van der Waals surface area contributed by atoms with Crippen molar-refractivity contribution in [3.63, 3.8) is 0 Å². The number of nitrogen functional groups attached to an aromatic ring is 1. The van der Waals surface area contributed by atoms with E-state index in [-0.39, 0.29) is 11.9 Å². The van der Waals surface area contributed by atoms with Gasteiger partial charge in [-0.3, -0.25) is 5.10 Å².